The Morgan fingerprint density at radius 1 is 1.00 bits per heavy atom. The topological polar surface area (TPSA) is 135 Å². The fourth-order valence-corrected chi connectivity index (χ4v) is 7.93. The van der Waals surface area contributed by atoms with Gasteiger partial charge in [0.05, 0.1) is 24.7 Å². The molecule has 1 spiro atoms. The summed E-state index contributed by atoms with van der Waals surface area (Å²) in [5.41, 5.74) is 1.89. The van der Waals surface area contributed by atoms with E-state index in [1.54, 1.807) is 22.0 Å². The van der Waals surface area contributed by atoms with Gasteiger partial charge in [-0.25, -0.2) is 0 Å². The van der Waals surface area contributed by atoms with Crippen LogP contribution in [0.3, 0.4) is 0 Å². The summed E-state index contributed by atoms with van der Waals surface area (Å²) in [7, 11) is 1.52. The van der Waals surface area contributed by atoms with Crippen LogP contribution in [0.25, 0.3) is 0 Å². The van der Waals surface area contributed by atoms with Crippen molar-refractivity contribution in [3.63, 3.8) is 0 Å². The molecule has 4 aliphatic rings. The minimum Gasteiger partial charge on any atom is -0.455 e. The van der Waals surface area contributed by atoms with Gasteiger partial charge in [0.25, 0.3) is 5.91 Å². The van der Waals surface area contributed by atoms with Crippen LogP contribution in [0.1, 0.15) is 54.9 Å². The van der Waals surface area contributed by atoms with Crippen LogP contribution >= 0.6 is 0 Å². The van der Waals surface area contributed by atoms with E-state index in [2.05, 4.69) is 5.32 Å². The zero-order valence-corrected chi connectivity index (χ0v) is 29.0. The number of amides is 3. The summed E-state index contributed by atoms with van der Waals surface area (Å²) in [5.74, 6) is -3.61. The van der Waals surface area contributed by atoms with Gasteiger partial charge in [0.15, 0.2) is 0 Å². The molecule has 0 radical (unpaired) electrons. The van der Waals surface area contributed by atoms with Crippen LogP contribution in [-0.2, 0) is 33.4 Å². The lowest BCUT2D eigenvalue weighted by Gasteiger charge is -2.36. The molecule has 6 rings (SSSR count). The standard InChI is InChI=1S/C39H47N3O8/c1-25-17-18-26(2)29(23-25)41-21-12-19-39-33(36(45)42(35(39)37(41)46)20-10-5-11-22-43)32-30(50-39)15-8-9-16-31(44)40-28(24-48-3)34(49-38(32)47)27-13-6-4-7-14-27/h4,6-8,12-15,17-19,23,28,30,32-35,43H,5,9-11,16,20-22,24H2,1-3H3,(H,40,44)/b15-8-/t28-,30-,32+,33+,34-,35-,39+/m0/s1. The molecule has 2 aromatic rings. The molecule has 2 N–H and O–H groups in total. The Kier molecular flexibility index (Phi) is 10.9. The van der Waals surface area contributed by atoms with Crippen molar-refractivity contribution in [2.24, 2.45) is 11.8 Å². The number of anilines is 1. The molecule has 2 saturated heterocycles. The molecule has 2 aromatic carbocycles. The lowest BCUT2D eigenvalue weighted by molar-refractivity contribution is -0.162. The van der Waals surface area contributed by atoms with E-state index < -0.39 is 47.7 Å². The van der Waals surface area contributed by atoms with Crippen molar-refractivity contribution in [2.45, 2.75) is 75.8 Å². The average Bonchev–Trinajstić information content (AvgIpc) is 3.49. The number of carbonyl (C=O) groups is 4. The molecule has 266 valence electrons. The van der Waals surface area contributed by atoms with Gasteiger partial charge in [0.1, 0.15) is 23.7 Å². The van der Waals surface area contributed by atoms with Gasteiger partial charge < -0.3 is 34.4 Å². The second kappa shape index (κ2) is 15.3. The van der Waals surface area contributed by atoms with E-state index in [0.717, 1.165) is 16.8 Å². The number of aliphatic hydroxyl groups is 1. The zero-order valence-electron chi connectivity index (χ0n) is 29.0. The smallest absolute Gasteiger partial charge is 0.313 e. The van der Waals surface area contributed by atoms with Crippen LogP contribution in [-0.4, -0.2) is 90.9 Å². The predicted molar refractivity (Wildman–Crippen MR) is 186 cm³/mol. The van der Waals surface area contributed by atoms with Crippen LogP contribution in [0.2, 0.25) is 0 Å². The Bertz CT molecular complexity index is 1640. The number of hydrogen-bond acceptors (Lipinski definition) is 8. The molecule has 11 nitrogen and oxygen atoms in total. The third-order valence-corrected chi connectivity index (χ3v) is 10.3. The van der Waals surface area contributed by atoms with Gasteiger partial charge >= 0.3 is 5.97 Å². The molecule has 3 amide bonds. The monoisotopic (exact) mass is 685 g/mol. The lowest BCUT2D eigenvalue weighted by Crippen LogP contribution is -2.55. The highest BCUT2D eigenvalue weighted by atomic mass is 16.6. The third kappa shape index (κ3) is 6.74. The molecule has 4 heterocycles. The number of esters is 1. The van der Waals surface area contributed by atoms with E-state index in [4.69, 9.17) is 14.2 Å². The van der Waals surface area contributed by atoms with Crippen molar-refractivity contribution in [1.29, 1.82) is 0 Å². The minimum absolute atomic E-state index is 0.0319. The van der Waals surface area contributed by atoms with Crippen molar-refractivity contribution >= 4 is 29.4 Å². The van der Waals surface area contributed by atoms with E-state index in [0.29, 0.717) is 31.2 Å². The maximum absolute atomic E-state index is 14.9. The maximum atomic E-state index is 14.9. The second-order valence-corrected chi connectivity index (χ2v) is 13.7. The molecule has 2 fully saturated rings. The first-order valence-electron chi connectivity index (χ1n) is 17.6. The maximum Gasteiger partial charge on any atom is 0.313 e. The van der Waals surface area contributed by atoms with Gasteiger partial charge in [-0.1, -0.05) is 66.8 Å². The Morgan fingerprint density at radius 2 is 1.80 bits per heavy atom. The molecule has 0 bridgehead atoms. The fourth-order valence-electron chi connectivity index (χ4n) is 7.93. The Morgan fingerprint density at radius 3 is 2.56 bits per heavy atom. The van der Waals surface area contributed by atoms with Gasteiger partial charge in [-0.3, -0.25) is 19.2 Å². The number of nitrogens with one attached hydrogen (secondary N) is 1. The summed E-state index contributed by atoms with van der Waals surface area (Å²) < 4.78 is 18.7. The molecular formula is C39H47N3O8. The van der Waals surface area contributed by atoms with Crippen LogP contribution in [0, 0.1) is 25.7 Å². The number of aryl methyl sites for hydroxylation is 2. The first-order valence-corrected chi connectivity index (χ1v) is 17.6. The number of fused-ring (bicyclic) bond motifs is 2. The minimum atomic E-state index is -1.45. The lowest BCUT2D eigenvalue weighted by atomic mass is 9.77. The number of rotatable bonds is 9. The number of ether oxygens (including phenoxy) is 3. The molecule has 4 aliphatic heterocycles. The number of unbranched alkanes of at least 4 members (excludes halogenated alkanes) is 2. The third-order valence-electron chi connectivity index (χ3n) is 10.3. The molecule has 50 heavy (non-hydrogen) atoms. The van der Waals surface area contributed by atoms with Crippen LogP contribution in [0.5, 0.6) is 0 Å². The highest BCUT2D eigenvalue weighted by Gasteiger charge is 2.71. The van der Waals surface area contributed by atoms with Gasteiger partial charge in [-0.05, 0) is 62.3 Å². The summed E-state index contributed by atoms with van der Waals surface area (Å²) in [6.45, 7) is 4.57. The summed E-state index contributed by atoms with van der Waals surface area (Å²) >= 11 is 0. The van der Waals surface area contributed by atoms with E-state index in [1.165, 1.54) is 7.11 Å². The number of allylic oxidation sites excluding steroid dienone is 1. The number of carbonyl (C=O) groups excluding carboxylic acids is 4. The number of cyclic esters (lactones) is 1. The van der Waals surface area contributed by atoms with Crippen LogP contribution < -0.4 is 10.2 Å². The number of likely N-dealkylation sites (tertiary alicyclic amines) is 1. The number of hydrogen-bond donors (Lipinski definition) is 2. The van der Waals surface area contributed by atoms with E-state index in [-0.39, 0.29) is 50.4 Å². The average molecular weight is 686 g/mol. The van der Waals surface area contributed by atoms with Crippen molar-refractivity contribution in [3.05, 3.63) is 89.5 Å². The van der Waals surface area contributed by atoms with Gasteiger partial charge in [-0.15, -0.1) is 0 Å². The molecule has 11 heteroatoms. The van der Waals surface area contributed by atoms with Crippen molar-refractivity contribution in [1.82, 2.24) is 10.2 Å². The quantitative estimate of drug-likeness (QED) is 0.232. The first kappa shape index (κ1) is 35.5. The van der Waals surface area contributed by atoms with Crippen molar-refractivity contribution in [2.75, 3.05) is 38.3 Å². The SMILES string of the molecule is COC[C@@H]1NC(=O)CC/C=C\[C@@H]2O[C@@]34C=CCN(c5cc(C)ccc5C)C(=O)[C@@H]3N(CCCCCO)C(=O)[C@H]4[C@@H]2C(=O)O[C@H]1c1ccccc1. The summed E-state index contributed by atoms with van der Waals surface area (Å²) in [4.78, 5) is 60.5. The van der Waals surface area contributed by atoms with E-state index >= 15 is 0 Å². The molecular weight excluding hydrogens is 638 g/mol. The Hall–Kier alpha value is -4.32. The number of aliphatic hydroxyl groups excluding tert-OH is 1. The van der Waals surface area contributed by atoms with Gasteiger partial charge in [0, 0.05) is 38.9 Å². The highest BCUT2D eigenvalue weighted by molar-refractivity contribution is 6.06. The summed E-state index contributed by atoms with van der Waals surface area (Å²) in [5, 5.41) is 12.4. The summed E-state index contributed by atoms with van der Waals surface area (Å²) in [6.07, 6.45) is 7.77. The van der Waals surface area contributed by atoms with Gasteiger partial charge in [0.2, 0.25) is 11.8 Å². The summed E-state index contributed by atoms with van der Waals surface area (Å²) in [6, 6.07) is 13.4. The van der Waals surface area contributed by atoms with E-state index in [1.807, 2.05) is 74.5 Å². The number of benzene rings is 2. The number of nitrogens with zero attached hydrogens (tertiary/aromatic N) is 2. The largest absolute Gasteiger partial charge is 0.455 e. The molecule has 0 aromatic heterocycles. The first-order chi connectivity index (χ1) is 24.2. The van der Waals surface area contributed by atoms with Crippen molar-refractivity contribution < 1.29 is 38.5 Å². The van der Waals surface area contributed by atoms with Crippen LogP contribution in [0.4, 0.5) is 5.69 Å². The Balaban J connectivity index is 1.44. The van der Waals surface area contributed by atoms with Crippen LogP contribution in [0.15, 0.2) is 72.8 Å². The second-order valence-electron chi connectivity index (χ2n) is 13.7. The molecule has 7 atom stereocenters. The predicted octanol–water partition coefficient (Wildman–Crippen LogP) is 3.72. The fraction of sp³-hybridized carbons (Fsp3) is 0.487. The Labute approximate surface area is 293 Å². The normalized spacial score (nSPS) is 30.4. The van der Waals surface area contributed by atoms with Crippen molar-refractivity contribution in [3.8, 4) is 0 Å². The molecule has 0 saturated carbocycles. The molecule has 0 aliphatic carbocycles. The van der Waals surface area contributed by atoms with Gasteiger partial charge in [-0.2, -0.15) is 0 Å². The number of methoxy groups -OCH3 is 1. The van der Waals surface area contributed by atoms with E-state index in [9.17, 15) is 24.3 Å². The zero-order chi connectivity index (χ0) is 35.4. The molecule has 0 unspecified atom stereocenters. The highest BCUT2D eigenvalue weighted by Crippen LogP contribution is 2.53.